The minimum absolute atomic E-state index is 0.426. The van der Waals surface area contributed by atoms with Crippen LogP contribution in [0.5, 0.6) is 0 Å². The van der Waals surface area contributed by atoms with E-state index >= 15 is 0 Å². The van der Waals surface area contributed by atoms with Gasteiger partial charge in [-0.05, 0) is 49.9 Å². The lowest BCUT2D eigenvalue weighted by molar-refractivity contribution is 0.0608. The molecule has 0 radical (unpaired) electrons. The molecule has 1 aliphatic rings. The molecule has 17 heavy (non-hydrogen) atoms. The molecule has 1 aromatic rings. The molecule has 1 N–H and O–H groups in total. The van der Waals surface area contributed by atoms with Crippen LogP contribution in [0.25, 0.3) is 0 Å². The first-order valence-corrected chi connectivity index (χ1v) is 6.68. The Balaban J connectivity index is 1.97. The average Bonchev–Trinajstić information content (AvgIpc) is 2.38. The fourth-order valence-electron chi connectivity index (χ4n) is 2.43. The summed E-state index contributed by atoms with van der Waals surface area (Å²) in [5.41, 5.74) is 1.32. The van der Waals surface area contributed by atoms with E-state index in [9.17, 15) is 0 Å². The zero-order valence-corrected chi connectivity index (χ0v) is 11.0. The van der Waals surface area contributed by atoms with Gasteiger partial charge in [-0.25, -0.2) is 0 Å². The summed E-state index contributed by atoms with van der Waals surface area (Å²) in [5, 5.41) is 4.20. The summed E-state index contributed by atoms with van der Waals surface area (Å²) in [5.74, 6) is 0.775. The van der Waals surface area contributed by atoms with E-state index < -0.39 is 0 Å². The fraction of sp³-hybridized carbons (Fsp3) is 0.571. The fourth-order valence-corrected chi connectivity index (χ4v) is 2.56. The van der Waals surface area contributed by atoms with E-state index in [2.05, 4.69) is 17.4 Å². The molecule has 1 fully saturated rings. The van der Waals surface area contributed by atoms with Gasteiger partial charge in [0.1, 0.15) is 0 Å². The Morgan fingerprint density at radius 3 is 2.53 bits per heavy atom. The number of hydrogen-bond donors (Lipinski definition) is 1. The van der Waals surface area contributed by atoms with Gasteiger partial charge in [0.05, 0.1) is 0 Å². The van der Waals surface area contributed by atoms with Gasteiger partial charge in [-0.15, -0.1) is 0 Å². The van der Waals surface area contributed by atoms with Crippen molar-refractivity contribution in [2.45, 2.75) is 25.3 Å². The third kappa shape index (κ3) is 3.70. The van der Waals surface area contributed by atoms with Gasteiger partial charge in [0.2, 0.25) is 0 Å². The van der Waals surface area contributed by atoms with Crippen LogP contribution in [0, 0.1) is 5.92 Å². The van der Waals surface area contributed by atoms with Crippen molar-refractivity contribution >= 4 is 11.6 Å². The van der Waals surface area contributed by atoms with Gasteiger partial charge < -0.3 is 10.1 Å². The van der Waals surface area contributed by atoms with Crippen molar-refractivity contribution in [3.05, 3.63) is 34.9 Å². The van der Waals surface area contributed by atoms with E-state index in [0.717, 1.165) is 24.2 Å². The summed E-state index contributed by atoms with van der Waals surface area (Å²) in [7, 11) is 2.03. The van der Waals surface area contributed by atoms with Crippen molar-refractivity contribution in [2.24, 2.45) is 5.92 Å². The molecule has 2 rings (SSSR count). The molecule has 2 nitrogen and oxygen atoms in total. The number of ether oxygens (including phenoxy) is 1. The van der Waals surface area contributed by atoms with Crippen LogP contribution < -0.4 is 5.32 Å². The summed E-state index contributed by atoms with van der Waals surface area (Å²) >= 11 is 5.91. The van der Waals surface area contributed by atoms with Crippen LogP contribution in [0.4, 0.5) is 0 Å². The second-order valence-electron chi connectivity index (χ2n) is 4.68. The Bertz CT molecular complexity index is 333. The third-order valence-electron chi connectivity index (χ3n) is 3.53. The minimum Gasteiger partial charge on any atom is -0.381 e. The van der Waals surface area contributed by atoms with Crippen LogP contribution in [-0.2, 0) is 4.74 Å². The highest BCUT2D eigenvalue weighted by Gasteiger charge is 2.19. The van der Waals surface area contributed by atoms with Crippen molar-refractivity contribution in [3.8, 4) is 0 Å². The molecule has 1 aliphatic heterocycles. The van der Waals surface area contributed by atoms with Gasteiger partial charge in [-0.1, -0.05) is 23.7 Å². The Morgan fingerprint density at radius 2 is 1.94 bits per heavy atom. The van der Waals surface area contributed by atoms with Gasteiger partial charge in [0, 0.05) is 24.3 Å². The molecule has 3 heteroatoms. The van der Waals surface area contributed by atoms with Gasteiger partial charge in [-0.3, -0.25) is 0 Å². The van der Waals surface area contributed by atoms with E-state index in [1.807, 2.05) is 19.2 Å². The van der Waals surface area contributed by atoms with Crippen LogP contribution in [0.15, 0.2) is 24.3 Å². The van der Waals surface area contributed by atoms with Crippen LogP contribution in [0.3, 0.4) is 0 Å². The van der Waals surface area contributed by atoms with Gasteiger partial charge in [0.25, 0.3) is 0 Å². The average molecular weight is 254 g/mol. The smallest absolute Gasteiger partial charge is 0.0468 e. The van der Waals surface area contributed by atoms with Crippen molar-refractivity contribution in [3.63, 3.8) is 0 Å². The molecule has 1 heterocycles. The maximum absolute atomic E-state index is 5.91. The van der Waals surface area contributed by atoms with Crippen LogP contribution in [0.2, 0.25) is 5.02 Å². The predicted molar refractivity (Wildman–Crippen MR) is 71.4 cm³/mol. The molecule has 1 atom stereocenters. The molecule has 0 saturated carbocycles. The van der Waals surface area contributed by atoms with Gasteiger partial charge in [-0.2, -0.15) is 0 Å². The molecule has 1 saturated heterocycles. The number of hydrogen-bond acceptors (Lipinski definition) is 2. The number of nitrogens with one attached hydrogen (secondary N) is 1. The highest BCUT2D eigenvalue weighted by atomic mass is 35.5. The minimum atomic E-state index is 0.426. The zero-order valence-electron chi connectivity index (χ0n) is 10.3. The molecule has 0 bridgehead atoms. The van der Waals surface area contributed by atoms with E-state index in [0.29, 0.717) is 6.04 Å². The standard InChI is InChI=1S/C14H20ClNO/c1-16-14(10-11-6-8-17-9-7-11)12-2-4-13(15)5-3-12/h2-5,11,14,16H,6-10H2,1H3. The maximum atomic E-state index is 5.91. The summed E-state index contributed by atoms with van der Waals surface area (Å²) in [6.07, 6.45) is 3.55. The van der Waals surface area contributed by atoms with Crippen LogP contribution >= 0.6 is 11.6 Å². The second kappa shape index (κ2) is 6.39. The molecular weight excluding hydrogens is 234 g/mol. The van der Waals surface area contributed by atoms with E-state index in [-0.39, 0.29) is 0 Å². The Hall–Kier alpha value is -0.570. The van der Waals surface area contributed by atoms with E-state index in [4.69, 9.17) is 16.3 Å². The number of rotatable bonds is 4. The van der Waals surface area contributed by atoms with E-state index in [1.54, 1.807) is 0 Å². The van der Waals surface area contributed by atoms with Crippen molar-refractivity contribution in [1.29, 1.82) is 0 Å². The largest absolute Gasteiger partial charge is 0.381 e. The zero-order chi connectivity index (χ0) is 12.1. The van der Waals surface area contributed by atoms with Gasteiger partial charge in [0.15, 0.2) is 0 Å². The Morgan fingerprint density at radius 1 is 1.29 bits per heavy atom. The normalized spacial score (nSPS) is 19.2. The third-order valence-corrected chi connectivity index (χ3v) is 3.78. The molecule has 0 aromatic heterocycles. The molecular formula is C14H20ClNO. The quantitative estimate of drug-likeness (QED) is 0.888. The lowest BCUT2D eigenvalue weighted by Crippen LogP contribution is -2.23. The molecule has 1 unspecified atom stereocenters. The first-order chi connectivity index (χ1) is 8.29. The molecule has 0 amide bonds. The topological polar surface area (TPSA) is 21.3 Å². The first kappa shape index (κ1) is 12.9. The summed E-state index contributed by atoms with van der Waals surface area (Å²) < 4.78 is 5.40. The van der Waals surface area contributed by atoms with Crippen LogP contribution in [0.1, 0.15) is 30.9 Å². The van der Waals surface area contributed by atoms with Crippen molar-refractivity contribution < 1.29 is 4.74 Å². The van der Waals surface area contributed by atoms with Crippen molar-refractivity contribution in [1.82, 2.24) is 5.32 Å². The first-order valence-electron chi connectivity index (χ1n) is 6.30. The predicted octanol–water partition coefficient (Wildman–Crippen LogP) is 3.42. The monoisotopic (exact) mass is 253 g/mol. The maximum Gasteiger partial charge on any atom is 0.0468 e. The molecule has 1 aromatic carbocycles. The van der Waals surface area contributed by atoms with E-state index in [1.165, 1.54) is 24.8 Å². The lowest BCUT2D eigenvalue weighted by atomic mass is 9.89. The molecule has 0 aliphatic carbocycles. The highest BCUT2D eigenvalue weighted by molar-refractivity contribution is 6.30. The highest BCUT2D eigenvalue weighted by Crippen LogP contribution is 2.27. The van der Waals surface area contributed by atoms with Crippen LogP contribution in [-0.4, -0.2) is 20.3 Å². The number of benzene rings is 1. The molecule has 0 spiro atoms. The Kier molecular flexibility index (Phi) is 4.84. The Labute approximate surface area is 108 Å². The summed E-state index contributed by atoms with van der Waals surface area (Å²) in [6.45, 7) is 1.84. The summed E-state index contributed by atoms with van der Waals surface area (Å²) in [6, 6.07) is 8.58. The van der Waals surface area contributed by atoms with Crippen molar-refractivity contribution in [2.75, 3.05) is 20.3 Å². The second-order valence-corrected chi connectivity index (χ2v) is 5.12. The SMILES string of the molecule is CNC(CC1CCOCC1)c1ccc(Cl)cc1. The molecule has 94 valence electrons. The van der Waals surface area contributed by atoms with Gasteiger partial charge >= 0.3 is 0 Å². The number of halogens is 1. The lowest BCUT2D eigenvalue weighted by Gasteiger charge is -2.26. The summed E-state index contributed by atoms with van der Waals surface area (Å²) in [4.78, 5) is 0.